The zero-order valence-corrected chi connectivity index (χ0v) is 26.7. The number of aryl methyl sites for hydroxylation is 1. The molecule has 0 unspecified atom stereocenters. The van der Waals surface area contributed by atoms with Crippen LogP contribution >= 0.6 is 0 Å². The number of aliphatic hydroxyl groups is 1. The van der Waals surface area contributed by atoms with Gasteiger partial charge in [-0.05, 0) is 107 Å². The molecule has 5 aliphatic rings. The Morgan fingerprint density at radius 3 is 2.51 bits per heavy atom. The van der Waals surface area contributed by atoms with Gasteiger partial charge in [0.2, 0.25) is 0 Å². The molecule has 0 aromatic heterocycles. The Labute approximate surface area is 259 Å². The number of unbranched alkanes of at least 4 members (excludes halogenated alkanes) is 5. The number of rotatable bonds is 15. The van der Waals surface area contributed by atoms with Gasteiger partial charge < -0.3 is 14.6 Å². The number of hydrogen-bond donors (Lipinski definition) is 1. The Morgan fingerprint density at radius 2 is 1.74 bits per heavy atom. The Balaban J connectivity index is 1.12. The van der Waals surface area contributed by atoms with Crippen molar-refractivity contribution in [3.8, 4) is 11.5 Å². The van der Waals surface area contributed by atoms with E-state index in [-0.39, 0.29) is 17.6 Å². The van der Waals surface area contributed by atoms with E-state index in [9.17, 15) is 5.11 Å². The zero-order valence-electron chi connectivity index (χ0n) is 26.7. The van der Waals surface area contributed by atoms with Crippen molar-refractivity contribution in [2.45, 2.75) is 126 Å². The van der Waals surface area contributed by atoms with E-state index in [1.165, 1.54) is 80.9 Å². The summed E-state index contributed by atoms with van der Waals surface area (Å²) in [6.07, 6.45) is 16.5. The summed E-state index contributed by atoms with van der Waals surface area (Å²) in [6.45, 7) is 6.80. The van der Waals surface area contributed by atoms with E-state index in [0.29, 0.717) is 6.04 Å². The molecule has 43 heavy (non-hydrogen) atoms. The van der Waals surface area contributed by atoms with E-state index in [1.54, 1.807) is 7.11 Å². The highest BCUT2D eigenvalue weighted by atomic mass is 16.5. The third-order valence-electron chi connectivity index (χ3n) is 12.0. The largest absolute Gasteiger partial charge is 0.493 e. The molecule has 2 aliphatic heterocycles. The number of piperidine rings is 1. The first-order chi connectivity index (χ1) is 21.1. The summed E-state index contributed by atoms with van der Waals surface area (Å²) in [5.41, 5.74) is 3.08. The molecular weight excluding hydrogens is 532 g/mol. The van der Waals surface area contributed by atoms with Gasteiger partial charge in [-0.2, -0.15) is 0 Å². The lowest BCUT2D eigenvalue weighted by Crippen LogP contribution is -2.78. The number of hydrogen-bond acceptors (Lipinski definition) is 5. The molecule has 5 atom stereocenters. The normalized spacial score (nSPS) is 30.7. The van der Waals surface area contributed by atoms with Gasteiger partial charge in [0.1, 0.15) is 6.10 Å². The molecule has 1 spiro atoms. The van der Waals surface area contributed by atoms with Crippen molar-refractivity contribution in [1.29, 1.82) is 0 Å². The van der Waals surface area contributed by atoms with Crippen molar-refractivity contribution in [2.24, 2.45) is 5.92 Å². The van der Waals surface area contributed by atoms with Crippen LogP contribution in [0.4, 0.5) is 0 Å². The van der Waals surface area contributed by atoms with Gasteiger partial charge in [0.15, 0.2) is 11.5 Å². The van der Waals surface area contributed by atoms with Crippen LogP contribution in [0.3, 0.4) is 0 Å². The van der Waals surface area contributed by atoms with Crippen LogP contribution in [-0.2, 0) is 18.3 Å². The predicted octanol–water partition coefficient (Wildman–Crippen LogP) is 6.92. The van der Waals surface area contributed by atoms with Gasteiger partial charge in [-0.15, -0.1) is 0 Å². The van der Waals surface area contributed by atoms with Crippen molar-refractivity contribution in [1.82, 2.24) is 9.80 Å². The summed E-state index contributed by atoms with van der Waals surface area (Å²) in [5.74, 6) is 2.62. The smallest absolute Gasteiger partial charge is 0.165 e. The monoisotopic (exact) mass is 586 g/mol. The summed E-state index contributed by atoms with van der Waals surface area (Å²) >= 11 is 0. The Morgan fingerprint density at radius 1 is 0.953 bits per heavy atom. The third kappa shape index (κ3) is 5.21. The molecular formula is C38H54N2O3. The van der Waals surface area contributed by atoms with Crippen LogP contribution < -0.4 is 9.47 Å². The molecule has 2 saturated carbocycles. The quantitative estimate of drug-likeness (QED) is 0.230. The van der Waals surface area contributed by atoms with Crippen molar-refractivity contribution < 1.29 is 14.6 Å². The highest BCUT2D eigenvalue weighted by Gasteiger charge is 2.73. The van der Waals surface area contributed by atoms with Crippen molar-refractivity contribution in [3.63, 3.8) is 0 Å². The average molecular weight is 587 g/mol. The van der Waals surface area contributed by atoms with Crippen LogP contribution in [-0.4, -0.2) is 72.0 Å². The second-order valence-electron chi connectivity index (χ2n) is 14.5. The Kier molecular flexibility index (Phi) is 8.52. The Hall–Kier alpha value is -2.08. The second kappa shape index (κ2) is 12.4. The van der Waals surface area contributed by atoms with Crippen molar-refractivity contribution in [3.05, 3.63) is 59.2 Å². The minimum atomic E-state index is -0.738. The minimum absolute atomic E-state index is 0.0121. The number of ether oxygens (including phenoxy) is 2. The van der Waals surface area contributed by atoms with Crippen LogP contribution in [0.15, 0.2) is 42.5 Å². The summed E-state index contributed by atoms with van der Waals surface area (Å²) in [4.78, 5) is 5.48. The average Bonchev–Trinajstić information content (AvgIpc) is 3.77. The van der Waals surface area contributed by atoms with Gasteiger partial charge in [0.25, 0.3) is 0 Å². The van der Waals surface area contributed by atoms with Gasteiger partial charge in [0, 0.05) is 24.2 Å². The lowest BCUT2D eigenvalue weighted by molar-refractivity contribution is -0.200. The highest BCUT2D eigenvalue weighted by molar-refractivity contribution is 5.63. The fraction of sp³-hybridized carbons (Fsp3) is 0.684. The number of nitrogens with zero attached hydrogens (tertiary/aromatic N) is 2. The molecule has 0 amide bonds. The van der Waals surface area contributed by atoms with Gasteiger partial charge in [-0.3, -0.25) is 9.80 Å². The molecule has 7 rings (SSSR count). The molecule has 2 aromatic rings. The predicted molar refractivity (Wildman–Crippen MR) is 173 cm³/mol. The fourth-order valence-corrected chi connectivity index (χ4v) is 9.63. The van der Waals surface area contributed by atoms with E-state index in [1.807, 2.05) is 0 Å². The molecule has 3 aliphatic carbocycles. The van der Waals surface area contributed by atoms with E-state index in [2.05, 4.69) is 59.2 Å². The van der Waals surface area contributed by atoms with Crippen molar-refractivity contribution in [2.75, 3.05) is 33.3 Å². The molecule has 3 fully saturated rings. The summed E-state index contributed by atoms with van der Waals surface area (Å²) in [6, 6.07) is 15.9. The summed E-state index contributed by atoms with van der Waals surface area (Å²) in [7, 11) is 1.77. The molecule has 2 heterocycles. The maximum atomic E-state index is 13.0. The molecule has 2 bridgehead atoms. The Bertz CT molecular complexity index is 1250. The SMILES string of the molecule is CCCCCN(CCCCCCc1ccccc1)[C@H]1CC[C@@]2(O)[C@H]3Cc4ccc(OC)c5c4[C@@]2(CCN3CC2CC2)[C@H]1O5. The van der Waals surface area contributed by atoms with Crippen molar-refractivity contribution >= 4 is 0 Å². The first kappa shape index (κ1) is 29.6. The first-order valence-corrected chi connectivity index (χ1v) is 17.7. The van der Waals surface area contributed by atoms with Gasteiger partial charge >= 0.3 is 0 Å². The van der Waals surface area contributed by atoms with E-state index in [0.717, 1.165) is 69.3 Å². The lowest BCUT2D eigenvalue weighted by atomic mass is 9.48. The fourth-order valence-electron chi connectivity index (χ4n) is 9.63. The molecule has 0 radical (unpaired) electrons. The number of likely N-dealkylation sites (tertiary alicyclic amines) is 1. The minimum Gasteiger partial charge on any atom is -0.493 e. The van der Waals surface area contributed by atoms with E-state index < -0.39 is 5.60 Å². The third-order valence-corrected chi connectivity index (χ3v) is 12.0. The summed E-state index contributed by atoms with van der Waals surface area (Å²) < 4.78 is 13.0. The maximum absolute atomic E-state index is 13.0. The van der Waals surface area contributed by atoms with Crippen LogP contribution in [0.2, 0.25) is 0 Å². The van der Waals surface area contributed by atoms with E-state index >= 15 is 0 Å². The molecule has 5 nitrogen and oxygen atoms in total. The standard InChI is InChI=1S/C38H54N2O3/c1-3-4-11-23-39(24-12-6-5-8-13-28-14-9-7-10-15-28)31-20-21-38(41)33-26-30-18-19-32(42-2)35-34(30)37(38,36(31)43-35)22-25-40(33)27-29-16-17-29/h7,9-10,14-15,18-19,29,31,33,36,41H,3-6,8,11-13,16-17,20-27H2,1-2H3/t31-,33+,36-,37-,38+/m0/s1. The van der Waals surface area contributed by atoms with Crippen LogP contribution in [0.1, 0.15) is 101 Å². The zero-order chi connectivity index (χ0) is 29.4. The lowest BCUT2D eigenvalue weighted by Gasteiger charge is -2.65. The van der Waals surface area contributed by atoms with E-state index in [4.69, 9.17) is 9.47 Å². The van der Waals surface area contributed by atoms with Gasteiger partial charge in [-0.1, -0.05) is 69.0 Å². The van der Waals surface area contributed by atoms with Crippen LogP contribution in [0.5, 0.6) is 11.5 Å². The molecule has 234 valence electrons. The molecule has 1 N–H and O–H groups in total. The molecule has 5 heteroatoms. The number of methoxy groups -OCH3 is 1. The maximum Gasteiger partial charge on any atom is 0.165 e. The molecule has 1 saturated heterocycles. The first-order valence-electron chi connectivity index (χ1n) is 17.7. The summed E-state index contributed by atoms with van der Waals surface area (Å²) in [5, 5.41) is 13.0. The van der Waals surface area contributed by atoms with Gasteiger partial charge in [-0.25, -0.2) is 0 Å². The van der Waals surface area contributed by atoms with Crippen LogP contribution in [0, 0.1) is 5.92 Å². The number of benzene rings is 2. The van der Waals surface area contributed by atoms with Crippen LogP contribution in [0.25, 0.3) is 0 Å². The topological polar surface area (TPSA) is 45.2 Å². The molecule has 2 aromatic carbocycles. The second-order valence-corrected chi connectivity index (χ2v) is 14.5. The van der Waals surface area contributed by atoms with Gasteiger partial charge in [0.05, 0.1) is 18.1 Å². The highest BCUT2D eigenvalue weighted by Crippen LogP contribution is 2.66.